The van der Waals surface area contributed by atoms with E-state index >= 15 is 0 Å². The minimum absolute atomic E-state index is 0.161. The zero-order valence-electron chi connectivity index (χ0n) is 10.4. The molecule has 0 spiro atoms. The monoisotopic (exact) mass is 238 g/mol. The van der Waals surface area contributed by atoms with Crippen molar-refractivity contribution < 1.29 is 9.53 Å². The summed E-state index contributed by atoms with van der Waals surface area (Å²) in [6.07, 6.45) is 0. The maximum atomic E-state index is 11.5. The molecular formula is C11H18N4O2. The second kappa shape index (κ2) is 6.93. The maximum absolute atomic E-state index is 11.5. The fourth-order valence-corrected chi connectivity index (χ4v) is 1.33. The van der Waals surface area contributed by atoms with Crippen LogP contribution < -0.4 is 10.6 Å². The van der Waals surface area contributed by atoms with Crippen molar-refractivity contribution in [2.45, 2.75) is 13.8 Å². The van der Waals surface area contributed by atoms with Gasteiger partial charge in [0, 0.05) is 25.0 Å². The fourth-order valence-electron chi connectivity index (χ4n) is 1.33. The van der Waals surface area contributed by atoms with Gasteiger partial charge in [-0.3, -0.25) is 10.1 Å². The van der Waals surface area contributed by atoms with E-state index in [0.717, 1.165) is 11.4 Å². The van der Waals surface area contributed by atoms with Gasteiger partial charge in [0.2, 0.25) is 11.9 Å². The van der Waals surface area contributed by atoms with Crippen LogP contribution in [0.1, 0.15) is 11.4 Å². The molecule has 0 aliphatic heterocycles. The van der Waals surface area contributed by atoms with E-state index in [-0.39, 0.29) is 12.5 Å². The van der Waals surface area contributed by atoms with E-state index in [0.29, 0.717) is 19.1 Å². The van der Waals surface area contributed by atoms with Crippen LogP contribution >= 0.6 is 0 Å². The van der Waals surface area contributed by atoms with Crippen molar-refractivity contribution in [3.05, 3.63) is 17.5 Å². The third-order valence-electron chi connectivity index (χ3n) is 2.00. The van der Waals surface area contributed by atoms with Crippen LogP contribution in [-0.2, 0) is 9.53 Å². The van der Waals surface area contributed by atoms with Gasteiger partial charge in [0.15, 0.2) is 0 Å². The van der Waals surface area contributed by atoms with E-state index in [9.17, 15) is 4.79 Å². The Kier molecular flexibility index (Phi) is 5.51. The molecule has 0 aliphatic rings. The number of nitrogens with zero attached hydrogens (tertiary/aromatic N) is 2. The fraction of sp³-hybridized carbons (Fsp3) is 0.545. The topological polar surface area (TPSA) is 76.1 Å². The first-order chi connectivity index (χ1) is 8.11. The Bertz CT molecular complexity index is 361. The molecular weight excluding hydrogens is 220 g/mol. The predicted molar refractivity (Wildman–Crippen MR) is 64.9 cm³/mol. The molecule has 6 nitrogen and oxygen atoms in total. The first kappa shape index (κ1) is 13.5. The number of carbonyl (C=O) groups excluding carboxylic acids is 1. The van der Waals surface area contributed by atoms with E-state index in [2.05, 4.69) is 20.6 Å². The summed E-state index contributed by atoms with van der Waals surface area (Å²) in [5, 5.41) is 5.58. The number of anilines is 1. The van der Waals surface area contributed by atoms with Crippen molar-refractivity contribution in [1.29, 1.82) is 0 Å². The van der Waals surface area contributed by atoms with E-state index in [1.807, 2.05) is 19.9 Å². The van der Waals surface area contributed by atoms with Crippen LogP contribution in [0.4, 0.5) is 5.95 Å². The molecule has 94 valence electrons. The largest absolute Gasteiger partial charge is 0.383 e. The van der Waals surface area contributed by atoms with Crippen molar-refractivity contribution in [2.75, 3.05) is 32.1 Å². The number of amides is 1. The average Bonchev–Trinajstić information content (AvgIpc) is 2.23. The number of aromatic nitrogens is 2. The van der Waals surface area contributed by atoms with Crippen LogP contribution in [0.15, 0.2) is 6.07 Å². The molecule has 6 heteroatoms. The van der Waals surface area contributed by atoms with Crippen LogP contribution in [0.25, 0.3) is 0 Å². The van der Waals surface area contributed by atoms with Crippen molar-refractivity contribution >= 4 is 11.9 Å². The first-order valence-electron chi connectivity index (χ1n) is 5.43. The summed E-state index contributed by atoms with van der Waals surface area (Å²) in [6, 6.07) is 1.85. The molecule has 0 aliphatic carbocycles. The van der Waals surface area contributed by atoms with Gasteiger partial charge in [-0.25, -0.2) is 9.97 Å². The molecule has 0 radical (unpaired) electrons. The highest BCUT2D eigenvalue weighted by atomic mass is 16.5. The van der Waals surface area contributed by atoms with Crippen LogP contribution in [0.5, 0.6) is 0 Å². The summed E-state index contributed by atoms with van der Waals surface area (Å²) in [5.74, 6) is 0.187. The average molecular weight is 238 g/mol. The molecule has 1 aromatic rings. The van der Waals surface area contributed by atoms with Crippen molar-refractivity contribution in [2.24, 2.45) is 0 Å². The first-order valence-corrected chi connectivity index (χ1v) is 5.43. The number of nitrogens with one attached hydrogen (secondary N) is 2. The SMILES string of the molecule is COCCNCC(=O)Nc1nc(C)cc(C)n1. The Hall–Kier alpha value is -1.53. The quantitative estimate of drug-likeness (QED) is 0.696. The number of hydrogen-bond donors (Lipinski definition) is 2. The summed E-state index contributed by atoms with van der Waals surface area (Å²) in [4.78, 5) is 19.7. The number of rotatable bonds is 6. The van der Waals surface area contributed by atoms with Gasteiger partial charge in [-0.05, 0) is 19.9 Å². The lowest BCUT2D eigenvalue weighted by Crippen LogP contribution is -2.30. The smallest absolute Gasteiger partial charge is 0.240 e. The van der Waals surface area contributed by atoms with Gasteiger partial charge < -0.3 is 10.1 Å². The lowest BCUT2D eigenvalue weighted by molar-refractivity contribution is -0.115. The summed E-state index contributed by atoms with van der Waals surface area (Å²) in [6.45, 7) is 5.16. The minimum atomic E-state index is -0.161. The van der Waals surface area contributed by atoms with Crippen molar-refractivity contribution in [1.82, 2.24) is 15.3 Å². The molecule has 1 aromatic heterocycles. The van der Waals surface area contributed by atoms with E-state index < -0.39 is 0 Å². The van der Waals surface area contributed by atoms with E-state index in [1.54, 1.807) is 7.11 Å². The Morgan fingerprint density at radius 3 is 2.59 bits per heavy atom. The van der Waals surface area contributed by atoms with Gasteiger partial charge in [-0.2, -0.15) is 0 Å². The summed E-state index contributed by atoms with van der Waals surface area (Å²) in [5.41, 5.74) is 1.67. The molecule has 1 rings (SSSR count). The van der Waals surface area contributed by atoms with Gasteiger partial charge in [-0.15, -0.1) is 0 Å². The Morgan fingerprint density at radius 2 is 2.00 bits per heavy atom. The third kappa shape index (κ3) is 5.37. The second-order valence-electron chi connectivity index (χ2n) is 3.69. The number of ether oxygens (including phenoxy) is 1. The molecule has 1 heterocycles. The summed E-state index contributed by atoms with van der Waals surface area (Å²) >= 11 is 0. The molecule has 17 heavy (non-hydrogen) atoms. The zero-order valence-corrected chi connectivity index (χ0v) is 10.4. The third-order valence-corrected chi connectivity index (χ3v) is 2.00. The molecule has 0 bridgehead atoms. The number of carbonyl (C=O) groups is 1. The Morgan fingerprint density at radius 1 is 1.35 bits per heavy atom. The highest BCUT2D eigenvalue weighted by Gasteiger charge is 2.04. The predicted octanol–water partition coefficient (Wildman–Crippen LogP) is 0.268. The van der Waals surface area contributed by atoms with Crippen LogP contribution in [-0.4, -0.2) is 42.7 Å². The van der Waals surface area contributed by atoms with Crippen LogP contribution in [0.3, 0.4) is 0 Å². The molecule has 2 N–H and O–H groups in total. The molecule has 0 saturated carbocycles. The molecule has 1 amide bonds. The van der Waals surface area contributed by atoms with Crippen molar-refractivity contribution in [3.63, 3.8) is 0 Å². The minimum Gasteiger partial charge on any atom is -0.383 e. The second-order valence-corrected chi connectivity index (χ2v) is 3.69. The molecule has 0 unspecified atom stereocenters. The van der Waals surface area contributed by atoms with Crippen molar-refractivity contribution in [3.8, 4) is 0 Å². The molecule has 0 fully saturated rings. The number of hydrogen-bond acceptors (Lipinski definition) is 5. The highest BCUT2D eigenvalue weighted by Crippen LogP contribution is 2.02. The molecule has 0 saturated heterocycles. The van der Waals surface area contributed by atoms with Gasteiger partial charge >= 0.3 is 0 Å². The lowest BCUT2D eigenvalue weighted by Gasteiger charge is -2.06. The molecule has 0 atom stereocenters. The summed E-state index contributed by atoms with van der Waals surface area (Å²) < 4.78 is 4.85. The lowest BCUT2D eigenvalue weighted by atomic mass is 10.4. The van der Waals surface area contributed by atoms with Gasteiger partial charge in [0.1, 0.15) is 0 Å². The van der Waals surface area contributed by atoms with Gasteiger partial charge in [0.25, 0.3) is 0 Å². The standard InChI is InChI=1S/C11H18N4O2/c1-8-6-9(2)14-11(13-8)15-10(16)7-12-4-5-17-3/h6,12H,4-5,7H2,1-3H3,(H,13,14,15,16). The Balaban J connectivity index is 2.39. The van der Waals surface area contributed by atoms with Crippen LogP contribution in [0.2, 0.25) is 0 Å². The van der Waals surface area contributed by atoms with Gasteiger partial charge in [0.05, 0.1) is 13.2 Å². The Labute approximate surface area is 101 Å². The van der Waals surface area contributed by atoms with E-state index in [1.165, 1.54) is 0 Å². The normalized spacial score (nSPS) is 10.3. The molecule has 0 aromatic carbocycles. The maximum Gasteiger partial charge on any atom is 0.240 e. The van der Waals surface area contributed by atoms with Gasteiger partial charge in [-0.1, -0.05) is 0 Å². The summed E-state index contributed by atoms with van der Waals surface area (Å²) in [7, 11) is 1.62. The highest BCUT2D eigenvalue weighted by molar-refractivity contribution is 5.90. The number of aryl methyl sites for hydroxylation is 2. The number of methoxy groups -OCH3 is 1. The van der Waals surface area contributed by atoms with Crippen LogP contribution in [0, 0.1) is 13.8 Å². The van der Waals surface area contributed by atoms with E-state index in [4.69, 9.17) is 4.74 Å². The zero-order chi connectivity index (χ0) is 12.7.